The molecular weight excluding hydrogens is 272 g/mol. The fraction of sp³-hybridized carbons (Fsp3) is 0.600. The molecule has 1 rings (SSSR count). The van der Waals surface area contributed by atoms with Gasteiger partial charge in [-0.05, 0) is 13.8 Å². The normalized spacial score (nSPS) is 13.2. The van der Waals surface area contributed by atoms with Crippen LogP contribution in [-0.2, 0) is 16.4 Å². The van der Waals surface area contributed by atoms with Crippen LogP contribution in [0.3, 0.4) is 0 Å². The molecule has 1 atom stereocenters. The molecule has 0 saturated carbocycles. The molecule has 1 aromatic heterocycles. The van der Waals surface area contributed by atoms with E-state index < -0.39 is 27.1 Å². The zero-order valence-electron chi connectivity index (χ0n) is 11.1. The second-order valence-electron chi connectivity index (χ2n) is 4.40. The predicted molar refractivity (Wildman–Crippen MR) is 74.2 cm³/mol. The molecule has 0 aliphatic rings. The molecule has 0 saturated heterocycles. The maximum absolute atomic E-state index is 11.7. The van der Waals surface area contributed by atoms with Crippen LogP contribution in [-0.4, -0.2) is 36.0 Å². The zero-order chi connectivity index (χ0) is 14.8. The van der Waals surface area contributed by atoms with E-state index in [0.717, 1.165) is 6.26 Å². The summed E-state index contributed by atoms with van der Waals surface area (Å²) in [6.07, 6.45) is 1.10. The Morgan fingerprint density at radius 1 is 1.42 bits per heavy atom. The topological polar surface area (TPSA) is 127 Å². The van der Waals surface area contributed by atoms with Crippen molar-refractivity contribution in [3.63, 3.8) is 0 Å². The third kappa shape index (κ3) is 3.85. The Hall–Kier alpha value is -1.77. The van der Waals surface area contributed by atoms with Crippen molar-refractivity contribution in [1.82, 2.24) is 9.55 Å². The van der Waals surface area contributed by atoms with Crippen LogP contribution in [0.25, 0.3) is 0 Å². The molecule has 8 nitrogen and oxygen atoms in total. The van der Waals surface area contributed by atoms with E-state index in [9.17, 15) is 18.0 Å². The van der Waals surface area contributed by atoms with Gasteiger partial charge in [-0.25, -0.2) is 13.2 Å². The number of H-pyrrole nitrogens is 1. The van der Waals surface area contributed by atoms with Crippen molar-refractivity contribution >= 4 is 21.3 Å². The number of nitrogens with one attached hydrogen (secondary N) is 2. The first-order chi connectivity index (χ1) is 8.65. The maximum Gasteiger partial charge on any atom is 0.330 e. The second-order valence-corrected chi connectivity index (χ2v) is 6.59. The van der Waals surface area contributed by atoms with Gasteiger partial charge in [-0.2, -0.15) is 0 Å². The third-order valence-corrected chi connectivity index (χ3v) is 3.60. The summed E-state index contributed by atoms with van der Waals surface area (Å²) in [6.45, 7) is 3.62. The van der Waals surface area contributed by atoms with Crippen molar-refractivity contribution in [2.45, 2.75) is 26.4 Å². The number of aromatic amines is 1. The highest BCUT2D eigenvalue weighted by atomic mass is 32.2. The highest BCUT2D eigenvalue weighted by Crippen LogP contribution is 2.11. The Bertz CT molecular complexity index is 674. The van der Waals surface area contributed by atoms with E-state index in [-0.39, 0.29) is 17.3 Å². The summed E-state index contributed by atoms with van der Waals surface area (Å²) in [5.41, 5.74) is 4.50. The van der Waals surface area contributed by atoms with E-state index in [2.05, 4.69) is 10.3 Å². The van der Waals surface area contributed by atoms with Gasteiger partial charge in [-0.15, -0.1) is 0 Å². The molecule has 0 spiro atoms. The van der Waals surface area contributed by atoms with Crippen LogP contribution in [0.2, 0.25) is 0 Å². The van der Waals surface area contributed by atoms with Crippen molar-refractivity contribution in [2.75, 3.05) is 23.1 Å². The number of sulfone groups is 1. The van der Waals surface area contributed by atoms with E-state index in [1.165, 1.54) is 4.57 Å². The van der Waals surface area contributed by atoms with E-state index in [0.29, 0.717) is 6.54 Å². The molecule has 0 bridgehead atoms. The van der Waals surface area contributed by atoms with Crippen molar-refractivity contribution in [3.05, 3.63) is 20.8 Å². The standard InChI is InChI=1S/C10H18N4O4S/c1-4-14-8(11)7(9(15)13-10(14)16)12-6(2)5-19(3,17)18/h6,12H,4-5,11H2,1-3H3,(H,13,15,16). The molecule has 0 aromatic carbocycles. The van der Waals surface area contributed by atoms with Crippen LogP contribution in [0.5, 0.6) is 0 Å². The summed E-state index contributed by atoms with van der Waals surface area (Å²) in [4.78, 5) is 25.3. The first-order valence-electron chi connectivity index (χ1n) is 5.72. The van der Waals surface area contributed by atoms with E-state index in [4.69, 9.17) is 5.73 Å². The van der Waals surface area contributed by atoms with Gasteiger partial charge in [0, 0.05) is 18.8 Å². The Morgan fingerprint density at radius 3 is 2.47 bits per heavy atom. The van der Waals surface area contributed by atoms with Gasteiger partial charge in [0.1, 0.15) is 21.3 Å². The Morgan fingerprint density at radius 2 is 2.00 bits per heavy atom. The number of nitrogens with two attached hydrogens (primary N) is 1. The summed E-state index contributed by atoms with van der Waals surface area (Å²) < 4.78 is 23.5. The van der Waals surface area contributed by atoms with Crippen molar-refractivity contribution in [3.8, 4) is 0 Å². The average molecular weight is 290 g/mol. The van der Waals surface area contributed by atoms with Crippen LogP contribution in [0.4, 0.5) is 11.5 Å². The number of nitrogen functional groups attached to an aromatic ring is 1. The summed E-state index contributed by atoms with van der Waals surface area (Å²) in [6, 6.07) is -0.499. The lowest BCUT2D eigenvalue weighted by atomic mass is 10.3. The lowest BCUT2D eigenvalue weighted by Gasteiger charge is -2.16. The van der Waals surface area contributed by atoms with Gasteiger partial charge in [0.25, 0.3) is 5.56 Å². The highest BCUT2D eigenvalue weighted by molar-refractivity contribution is 7.90. The van der Waals surface area contributed by atoms with Crippen LogP contribution >= 0.6 is 0 Å². The number of hydrogen-bond acceptors (Lipinski definition) is 6. The highest BCUT2D eigenvalue weighted by Gasteiger charge is 2.16. The van der Waals surface area contributed by atoms with Crippen LogP contribution in [0.1, 0.15) is 13.8 Å². The van der Waals surface area contributed by atoms with Crippen LogP contribution in [0, 0.1) is 0 Å². The van der Waals surface area contributed by atoms with Gasteiger partial charge in [-0.1, -0.05) is 0 Å². The van der Waals surface area contributed by atoms with Gasteiger partial charge in [-0.3, -0.25) is 14.3 Å². The van der Waals surface area contributed by atoms with Crippen molar-refractivity contribution < 1.29 is 8.42 Å². The van der Waals surface area contributed by atoms with E-state index in [1.54, 1.807) is 13.8 Å². The van der Waals surface area contributed by atoms with Gasteiger partial charge in [0.2, 0.25) is 0 Å². The molecule has 4 N–H and O–H groups in total. The maximum atomic E-state index is 11.7. The predicted octanol–water partition coefficient (Wildman–Crippen LogP) is -1.02. The van der Waals surface area contributed by atoms with Crippen LogP contribution < -0.4 is 22.3 Å². The average Bonchev–Trinajstić information content (AvgIpc) is 2.22. The molecule has 1 heterocycles. The Balaban J connectivity index is 3.15. The Kier molecular flexibility index (Phi) is 4.40. The minimum Gasteiger partial charge on any atom is -0.383 e. The molecule has 108 valence electrons. The quantitative estimate of drug-likeness (QED) is 0.637. The summed E-state index contributed by atoms with van der Waals surface area (Å²) in [7, 11) is -3.18. The number of hydrogen-bond donors (Lipinski definition) is 3. The first kappa shape index (κ1) is 15.3. The smallest absolute Gasteiger partial charge is 0.330 e. The fourth-order valence-corrected chi connectivity index (χ4v) is 2.77. The zero-order valence-corrected chi connectivity index (χ0v) is 11.9. The molecule has 1 aromatic rings. The van der Waals surface area contributed by atoms with Crippen LogP contribution in [0.15, 0.2) is 9.59 Å². The molecule has 0 aliphatic carbocycles. The minimum absolute atomic E-state index is 0.00315. The summed E-state index contributed by atoms with van der Waals surface area (Å²) in [5.74, 6) is -0.145. The summed E-state index contributed by atoms with van der Waals surface area (Å²) >= 11 is 0. The molecule has 9 heteroatoms. The number of anilines is 2. The first-order valence-corrected chi connectivity index (χ1v) is 7.78. The lowest BCUT2D eigenvalue weighted by molar-refractivity contribution is 0.597. The Labute approximate surface area is 110 Å². The minimum atomic E-state index is -3.18. The largest absolute Gasteiger partial charge is 0.383 e. The number of rotatable bonds is 5. The van der Waals surface area contributed by atoms with Crippen molar-refractivity contribution in [1.29, 1.82) is 0 Å². The third-order valence-electron chi connectivity index (χ3n) is 2.50. The molecule has 0 radical (unpaired) electrons. The fourth-order valence-electron chi connectivity index (χ4n) is 1.78. The van der Waals surface area contributed by atoms with E-state index in [1.807, 2.05) is 0 Å². The second kappa shape index (κ2) is 5.47. The summed E-state index contributed by atoms with van der Waals surface area (Å²) in [5, 5.41) is 2.73. The van der Waals surface area contributed by atoms with Crippen molar-refractivity contribution in [2.24, 2.45) is 0 Å². The van der Waals surface area contributed by atoms with Gasteiger partial charge in [0.15, 0.2) is 0 Å². The molecule has 1 unspecified atom stereocenters. The molecule has 0 aliphatic heterocycles. The molecule has 0 fully saturated rings. The monoisotopic (exact) mass is 290 g/mol. The number of aromatic nitrogens is 2. The molecular formula is C10H18N4O4S. The number of nitrogens with zero attached hydrogens (tertiary/aromatic N) is 1. The van der Waals surface area contributed by atoms with E-state index >= 15 is 0 Å². The molecule has 0 amide bonds. The SMILES string of the molecule is CCn1c(N)c(NC(C)CS(C)(=O)=O)c(=O)[nH]c1=O. The van der Waals surface area contributed by atoms with Gasteiger partial charge < -0.3 is 11.1 Å². The van der Waals surface area contributed by atoms with Gasteiger partial charge in [0.05, 0.1) is 5.75 Å². The molecule has 19 heavy (non-hydrogen) atoms. The lowest BCUT2D eigenvalue weighted by Crippen LogP contribution is -2.36. The van der Waals surface area contributed by atoms with Gasteiger partial charge >= 0.3 is 5.69 Å².